The molecule has 0 spiro atoms. The minimum absolute atomic E-state index is 0.0249. The number of likely N-dealkylation sites (tertiary alicyclic amines) is 1. The number of rotatable bonds is 44. The molecular formula is C57H112N2O5. The largest absolute Gasteiger partial charge is 0.462 e. The Morgan fingerprint density at radius 2 is 1.12 bits per heavy atom. The summed E-state index contributed by atoms with van der Waals surface area (Å²) in [6, 6.07) is 0.536. The Balaban J connectivity index is 0. The summed E-state index contributed by atoms with van der Waals surface area (Å²) in [4.78, 5) is 39.1. The van der Waals surface area contributed by atoms with Gasteiger partial charge in [-0.05, 0) is 104 Å². The summed E-state index contributed by atoms with van der Waals surface area (Å²) in [5.41, 5.74) is 0. The average molecular weight is 906 g/mol. The van der Waals surface area contributed by atoms with E-state index in [4.69, 9.17) is 9.47 Å². The highest BCUT2D eigenvalue weighted by molar-refractivity contribution is 5.78. The second kappa shape index (κ2) is 50.8. The Morgan fingerprint density at radius 3 is 1.62 bits per heavy atom. The molecule has 1 rings (SSSR count). The molecule has 0 aromatic carbocycles. The zero-order valence-electron chi connectivity index (χ0n) is 44.4. The number of esters is 1. The van der Waals surface area contributed by atoms with E-state index >= 15 is 0 Å². The third-order valence-corrected chi connectivity index (χ3v) is 12.7. The van der Waals surface area contributed by atoms with Crippen molar-refractivity contribution in [1.29, 1.82) is 0 Å². The zero-order valence-corrected chi connectivity index (χ0v) is 44.4. The Bertz CT molecular complexity index is 1000. The molecule has 1 heterocycles. The van der Waals surface area contributed by atoms with Crippen molar-refractivity contribution in [2.24, 2.45) is 5.92 Å². The van der Waals surface area contributed by atoms with Crippen LogP contribution in [0.3, 0.4) is 0 Å². The van der Waals surface area contributed by atoms with Crippen molar-refractivity contribution in [2.75, 3.05) is 46.9 Å². The average Bonchev–Trinajstić information content (AvgIpc) is 3.63. The standard InChI is InChI=1S/C37H71NO4.C13H26.C7H15NO/c1-5-7-9-11-14-18-25-36(26-19-15-12-10-8-6-2)42-37(40)27-20-16-13-17-23-29-41-32-35-30-33(3)31-38(35)28-22-21-24-34(4)39;1-3-5-7-9-11-13-12-10-8-6-4-2;1-4-7(9)5-6-8(2)3/h33,35-36H,5-32H2,1-4H3;3H,1,4-13H2,2H3;4-6H2,1-3H3/t33?,35-;;/m0../s1. The minimum Gasteiger partial charge on any atom is -0.462 e. The molecule has 0 amide bonds. The fraction of sp³-hybridized carbons (Fsp3) is 0.912. The summed E-state index contributed by atoms with van der Waals surface area (Å²) in [7, 11) is 3.95. The molecule has 7 heteroatoms. The molecule has 0 aliphatic carbocycles. The second-order valence-corrected chi connectivity index (χ2v) is 19.8. The molecule has 64 heavy (non-hydrogen) atoms. The van der Waals surface area contributed by atoms with Crippen LogP contribution in [0.25, 0.3) is 0 Å². The maximum atomic E-state index is 12.6. The van der Waals surface area contributed by atoms with E-state index < -0.39 is 0 Å². The predicted molar refractivity (Wildman–Crippen MR) is 279 cm³/mol. The van der Waals surface area contributed by atoms with Crippen LogP contribution in [-0.2, 0) is 23.9 Å². The lowest BCUT2D eigenvalue weighted by Crippen LogP contribution is -2.34. The van der Waals surface area contributed by atoms with Crippen molar-refractivity contribution in [1.82, 2.24) is 9.80 Å². The molecule has 1 unspecified atom stereocenters. The number of ketones is 2. The number of carbonyl (C=O) groups is 3. The Labute approximate surface area is 400 Å². The van der Waals surface area contributed by atoms with Gasteiger partial charge in [0.15, 0.2) is 0 Å². The summed E-state index contributed by atoms with van der Waals surface area (Å²) in [6.45, 7) is 21.3. The van der Waals surface area contributed by atoms with Gasteiger partial charge in [0, 0.05) is 51.4 Å². The number of ether oxygens (including phenoxy) is 2. The molecule has 1 saturated heterocycles. The van der Waals surface area contributed by atoms with E-state index in [1.54, 1.807) is 6.92 Å². The predicted octanol–water partition coefficient (Wildman–Crippen LogP) is 16.2. The highest BCUT2D eigenvalue weighted by atomic mass is 16.5. The van der Waals surface area contributed by atoms with E-state index in [1.165, 1.54) is 161 Å². The highest BCUT2D eigenvalue weighted by Crippen LogP contribution is 2.24. The first kappa shape index (κ1) is 64.5. The van der Waals surface area contributed by atoms with Crippen LogP contribution in [0.15, 0.2) is 12.7 Å². The van der Waals surface area contributed by atoms with Gasteiger partial charge in [0.2, 0.25) is 0 Å². The molecule has 380 valence electrons. The van der Waals surface area contributed by atoms with Gasteiger partial charge >= 0.3 is 5.97 Å². The van der Waals surface area contributed by atoms with Gasteiger partial charge in [-0.2, -0.15) is 0 Å². The van der Waals surface area contributed by atoms with E-state index in [-0.39, 0.29) is 12.1 Å². The van der Waals surface area contributed by atoms with Gasteiger partial charge in [0.25, 0.3) is 0 Å². The molecule has 0 saturated carbocycles. The number of Topliss-reactive ketones (excluding diaryl/α,β-unsaturated/α-hetero) is 2. The highest BCUT2D eigenvalue weighted by Gasteiger charge is 2.29. The third-order valence-electron chi connectivity index (χ3n) is 12.7. The van der Waals surface area contributed by atoms with E-state index in [2.05, 4.69) is 39.2 Å². The third kappa shape index (κ3) is 48.4. The second-order valence-electron chi connectivity index (χ2n) is 19.8. The summed E-state index contributed by atoms with van der Waals surface area (Å²) in [5, 5.41) is 0. The van der Waals surface area contributed by atoms with Crippen molar-refractivity contribution in [3.8, 4) is 0 Å². The fourth-order valence-electron chi connectivity index (χ4n) is 8.53. The van der Waals surface area contributed by atoms with Gasteiger partial charge in [-0.3, -0.25) is 14.5 Å². The molecule has 1 aliphatic heterocycles. The molecular weight excluding hydrogens is 793 g/mol. The van der Waals surface area contributed by atoms with E-state index in [9.17, 15) is 14.4 Å². The lowest BCUT2D eigenvalue weighted by atomic mass is 10.0. The van der Waals surface area contributed by atoms with Gasteiger partial charge in [0.05, 0.1) is 6.61 Å². The van der Waals surface area contributed by atoms with Crippen LogP contribution in [0.1, 0.15) is 273 Å². The molecule has 0 N–H and O–H groups in total. The number of nitrogens with zero attached hydrogens (tertiary/aromatic N) is 2. The van der Waals surface area contributed by atoms with Gasteiger partial charge < -0.3 is 19.2 Å². The monoisotopic (exact) mass is 905 g/mol. The van der Waals surface area contributed by atoms with Crippen molar-refractivity contribution in [3.05, 3.63) is 12.7 Å². The van der Waals surface area contributed by atoms with E-state index in [0.717, 1.165) is 83.7 Å². The number of carbonyl (C=O) groups excluding carboxylic acids is 3. The van der Waals surface area contributed by atoms with E-state index in [1.807, 2.05) is 32.0 Å². The number of hydrogen-bond donors (Lipinski definition) is 0. The summed E-state index contributed by atoms with van der Waals surface area (Å²) in [5.74, 6) is 1.41. The minimum atomic E-state index is 0.0249. The van der Waals surface area contributed by atoms with Crippen LogP contribution in [-0.4, -0.2) is 86.4 Å². The molecule has 2 atom stereocenters. The summed E-state index contributed by atoms with van der Waals surface area (Å²) < 4.78 is 12.1. The van der Waals surface area contributed by atoms with Gasteiger partial charge in [-0.25, -0.2) is 0 Å². The number of allylic oxidation sites excluding steroid dienone is 1. The SMILES string of the molecule is C=CCCCCCCCCCCC.CCC(=O)CCN(C)C.CCCCCCCCC(CCCCCCCC)OC(=O)CCCCCCCOC[C@@H]1CC(C)CN1CCCCC(C)=O. The van der Waals surface area contributed by atoms with Gasteiger partial charge in [0.1, 0.15) is 17.7 Å². The first-order chi connectivity index (χ1) is 31.0. The Hall–Kier alpha value is -1.57. The van der Waals surface area contributed by atoms with Crippen LogP contribution in [0.2, 0.25) is 0 Å². The lowest BCUT2D eigenvalue weighted by Gasteiger charge is -2.24. The quantitative estimate of drug-likeness (QED) is 0.0342. The molecule has 0 aromatic rings. The molecule has 7 nitrogen and oxygen atoms in total. The summed E-state index contributed by atoms with van der Waals surface area (Å²) >= 11 is 0. The van der Waals surface area contributed by atoms with Crippen molar-refractivity contribution in [3.63, 3.8) is 0 Å². The van der Waals surface area contributed by atoms with Crippen LogP contribution in [0.4, 0.5) is 0 Å². The smallest absolute Gasteiger partial charge is 0.306 e. The Kier molecular flexibility index (Phi) is 51.2. The van der Waals surface area contributed by atoms with Gasteiger partial charge in [-0.15, -0.1) is 6.58 Å². The lowest BCUT2D eigenvalue weighted by molar-refractivity contribution is -0.150. The molecule has 0 aromatic heterocycles. The van der Waals surface area contributed by atoms with Crippen molar-refractivity contribution < 1.29 is 23.9 Å². The fourth-order valence-corrected chi connectivity index (χ4v) is 8.53. The van der Waals surface area contributed by atoms with Crippen LogP contribution in [0, 0.1) is 5.92 Å². The van der Waals surface area contributed by atoms with Crippen LogP contribution in [0.5, 0.6) is 0 Å². The van der Waals surface area contributed by atoms with Crippen LogP contribution >= 0.6 is 0 Å². The van der Waals surface area contributed by atoms with Crippen LogP contribution < -0.4 is 0 Å². The first-order valence-corrected chi connectivity index (χ1v) is 27.8. The van der Waals surface area contributed by atoms with E-state index in [0.29, 0.717) is 43.3 Å². The normalized spacial score (nSPS) is 14.9. The number of hydrogen-bond acceptors (Lipinski definition) is 7. The van der Waals surface area contributed by atoms with Crippen molar-refractivity contribution in [2.45, 2.75) is 285 Å². The Morgan fingerprint density at radius 1 is 0.641 bits per heavy atom. The van der Waals surface area contributed by atoms with Gasteiger partial charge in [-0.1, -0.05) is 176 Å². The first-order valence-electron chi connectivity index (χ1n) is 27.8. The topological polar surface area (TPSA) is 76.2 Å². The maximum Gasteiger partial charge on any atom is 0.306 e. The maximum absolute atomic E-state index is 12.6. The molecule has 1 fully saturated rings. The number of unbranched alkanes of at least 4 members (excludes halogenated alkanes) is 24. The summed E-state index contributed by atoms with van der Waals surface area (Å²) in [6.07, 6.45) is 45.2. The molecule has 1 aliphatic rings. The molecule has 0 radical (unpaired) electrons. The zero-order chi connectivity index (χ0) is 47.7. The molecule has 0 bridgehead atoms. The van der Waals surface area contributed by atoms with Crippen molar-refractivity contribution >= 4 is 17.5 Å².